The predicted octanol–water partition coefficient (Wildman–Crippen LogP) is 4.22. The molecule has 1 fully saturated rings. The molecule has 3 aliphatic heterocycles. The number of imide groups is 1. The highest BCUT2D eigenvalue weighted by molar-refractivity contribution is 6.05. The van der Waals surface area contributed by atoms with Gasteiger partial charge in [-0.2, -0.15) is 0 Å². The number of imidazole rings is 1. The molecular weight excluding hydrogens is 725 g/mol. The highest BCUT2D eigenvalue weighted by atomic mass is 16.5. The van der Waals surface area contributed by atoms with Crippen LogP contribution in [0.4, 0.5) is 5.69 Å². The smallest absolute Gasteiger partial charge is 0.329 e. The monoisotopic (exact) mass is 776 g/mol. The fraction of sp³-hybridized carbons (Fsp3) is 0.455. The lowest BCUT2D eigenvalue weighted by molar-refractivity contribution is -0.135. The molecule has 3 aliphatic rings. The number of carbonyl (C=O) groups is 5. The molecule has 0 radical (unpaired) electrons. The highest BCUT2D eigenvalue weighted by Crippen LogP contribution is 2.39. The molecule has 1 aromatic heterocycles. The lowest BCUT2D eigenvalue weighted by atomic mass is 10.0. The van der Waals surface area contributed by atoms with Gasteiger partial charge in [0.05, 0.1) is 35.5 Å². The van der Waals surface area contributed by atoms with E-state index in [1.165, 1.54) is 10.1 Å². The highest BCUT2D eigenvalue weighted by Gasteiger charge is 2.41. The molecular formula is C44H52N6O7. The van der Waals surface area contributed by atoms with Crippen LogP contribution in [0.15, 0.2) is 65.5 Å². The van der Waals surface area contributed by atoms with Gasteiger partial charge in [0, 0.05) is 32.7 Å². The number of nitrogens with zero attached hydrogens (tertiary/aromatic N) is 3. The molecule has 4 heterocycles. The molecule has 4 aromatic rings. The molecule has 4 N–H and O–H groups in total. The van der Waals surface area contributed by atoms with E-state index in [9.17, 15) is 28.8 Å². The molecule has 1 unspecified atom stereocenters. The number of unbranched alkanes of at least 4 members (excludes halogenated alkanes) is 2. The molecule has 4 atom stereocenters. The zero-order valence-corrected chi connectivity index (χ0v) is 32.8. The maximum Gasteiger partial charge on any atom is 0.329 e. The van der Waals surface area contributed by atoms with Crippen LogP contribution in [0.5, 0.6) is 0 Å². The Bertz CT molecular complexity index is 2240. The molecule has 0 bridgehead atoms. The number of ether oxygens (including phenoxy) is 1. The van der Waals surface area contributed by atoms with Crippen LogP contribution in [0.25, 0.3) is 11.0 Å². The normalized spacial score (nSPS) is 18.9. The van der Waals surface area contributed by atoms with Crippen LogP contribution in [0.2, 0.25) is 0 Å². The average molecular weight is 777 g/mol. The Morgan fingerprint density at radius 3 is 2.42 bits per heavy atom. The second-order valence-electron chi connectivity index (χ2n) is 15.7. The Kier molecular flexibility index (Phi) is 12.0. The van der Waals surface area contributed by atoms with Gasteiger partial charge in [0.1, 0.15) is 12.1 Å². The molecule has 7 rings (SSSR count). The molecule has 3 aromatic carbocycles. The van der Waals surface area contributed by atoms with E-state index >= 15 is 0 Å². The van der Waals surface area contributed by atoms with Crippen molar-refractivity contribution in [1.29, 1.82) is 0 Å². The van der Waals surface area contributed by atoms with Crippen LogP contribution in [-0.2, 0) is 68.0 Å². The van der Waals surface area contributed by atoms with Crippen molar-refractivity contribution in [1.82, 2.24) is 19.8 Å². The number of nitrogens with two attached hydrogens (primary N) is 1. The number of hydrogen-bond donors (Lipinski definition) is 3. The van der Waals surface area contributed by atoms with Gasteiger partial charge in [0.25, 0.3) is 0 Å². The Morgan fingerprint density at radius 1 is 0.912 bits per heavy atom. The summed E-state index contributed by atoms with van der Waals surface area (Å²) in [4.78, 5) is 77.9. The SMILES string of the molecule is C[C@@H](OCc1ccc(CCCCCc2cccc3c2n(C)c(=O)n3C2CCC(=O)NC2=O)cc1)[C@H](CCC(N)=O)NC(=O)[C@@H]1Cc2cccc3c2N1C(=O)CCC3. The van der Waals surface area contributed by atoms with Gasteiger partial charge in [-0.3, -0.25) is 43.3 Å². The summed E-state index contributed by atoms with van der Waals surface area (Å²) in [5.74, 6) is -1.49. The van der Waals surface area contributed by atoms with E-state index in [1.807, 2.05) is 55.5 Å². The minimum atomic E-state index is -0.702. The summed E-state index contributed by atoms with van der Waals surface area (Å²) >= 11 is 0. The summed E-state index contributed by atoms with van der Waals surface area (Å²) < 4.78 is 9.39. The Balaban J connectivity index is 0.898. The number of hydrogen-bond acceptors (Lipinski definition) is 7. The van der Waals surface area contributed by atoms with Crippen molar-refractivity contribution in [2.75, 3.05) is 4.90 Å². The number of benzene rings is 3. The molecule has 5 amide bonds. The van der Waals surface area contributed by atoms with Crippen LogP contribution < -0.4 is 27.0 Å². The van der Waals surface area contributed by atoms with Crippen molar-refractivity contribution in [2.24, 2.45) is 12.8 Å². The quantitative estimate of drug-likeness (QED) is 0.113. The summed E-state index contributed by atoms with van der Waals surface area (Å²) in [7, 11) is 1.73. The van der Waals surface area contributed by atoms with Crippen LogP contribution >= 0.6 is 0 Å². The first-order chi connectivity index (χ1) is 27.5. The summed E-state index contributed by atoms with van der Waals surface area (Å²) in [6.45, 7) is 2.21. The first-order valence-electron chi connectivity index (χ1n) is 20.2. The zero-order valence-electron chi connectivity index (χ0n) is 32.8. The Hall–Kier alpha value is -5.56. The van der Waals surface area contributed by atoms with Gasteiger partial charge >= 0.3 is 5.69 Å². The van der Waals surface area contributed by atoms with Gasteiger partial charge in [-0.25, -0.2) is 4.79 Å². The first kappa shape index (κ1) is 39.7. The van der Waals surface area contributed by atoms with Crippen LogP contribution in [0.1, 0.15) is 98.6 Å². The van der Waals surface area contributed by atoms with Crippen molar-refractivity contribution in [3.8, 4) is 0 Å². The molecule has 1 saturated heterocycles. The fourth-order valence-corrected chi connectivity index (χ4v) is 8.75. The number of anilines is 1. The fourth-order valence-electron chi connectivity index (χ4n) is 8.75. The van der Waals surface area contributed by atoms with E-state index in [-0.39, 0.29) is 36.3 Å². The third-order valence-electron chi connectivity index (χ3n) is 11.8. The number of piperidine rings is 1. The number of nitrogens with one attached hydrogen (secondary N) is 2. The van der Waals surface area contributed by atoms with Crippen LogP contribution in [0.3, 0.4) is 0 Å². The lowest BCUT2D eigenvalue weighted by Gasteiger charge is -2.29. The number of primary amides is 1. The van der Waals surface area contributed by atoms with Crippen molar-refractivity contribution >= 4 is 46.3 Å². The maximum absolute atomic E-state index is 13.8. The predicted molar refractivity (Wildman–Crippen MR) is 215 cm³/mol. The number of aromatic nitrogens is 2. The third-order valence-corrected chi connectivity index (χ3v) is 11.8. The van der Waals surface area contributed by atoms with E-state index in [1.54, 1.807) is 16.5 Å². The molecule has 57 heavy (non-hydrogen) atoms. The first-order valence-corrected chi connectivity index (χ1v) is 20.2. The number of rotatable bonds is 16. The third kappa shape index (κ3) is 8.58. The number of carbonyl (C=O) groups excluding carboxylic acids is 5. The van der Waals surface area contributed by atoms with Gasteiger partial charge in [-0.15, -0.1) is 0 Å². The number of fused-ring (bicyclic) bond motifs is 1. The minimum Gasteiger partial charge on any atom is -0.372 e. The Morgan fingerprint density at radius 2 is 1.65 bits per heavy atom. The summed E-state index contributed by atoms with van der Waals surface area (Å²) in [5, 5.41) is 5.48. The summed E-state index contributed by atoms with van der Waals surface area (Å²) in [6, 6.07) is 18.3. The van der Waals surface area contributed by atoms with E-state index in [0.29, 0.717) is 37.8 Å². The number of para-hydroxylation sites is 2. The minimum absolute atomic E-state index is 0.0382. The van der Waals surface area contributed by atoms with E-state index in [4.69, 9.17) is 10.5 Å². The molecule has 300 valence electrons. The molecule has 13 nitrogen and oxygen atoms in total. The number of amides is 5. The lowest BCUT2D eigenvalue weighted by Crippen LogP contribution is -2.53. The molecule has 0 saturated carbocycles. The van der Waals surface area contributed by atoms with Crippen LogP contribution in [-0.4, -0.2) is 56.9 Å². The van der Waals surface area contributed by atoms with Crippen LogP contribution in [0, 0.1) is 0 Å². The summed E-state index contributed by atoms with van der Waals surface area (Å²) in [6.07, 6.45) is 7.57. The van der Waals surface area contributed by atoms with Gasteiger partial charge in [-0.05, 0) is 92.2 Å². The maximum atomic E-state index is 13.8. The molecule has 0 spiro atoms. The summed E-state index contributed by atoms with van der Waals surface area (Å²) in [5.41, 5.74) is 13.0. The average Bonchev–Trinajstić information content (AvgIpc) is 3.65. The van der Waals surface area contributed by atoms with E-state index in [2.05, 4.69) is 22.8 Å². The van der Waals surface area contributed by atoms with Crippen molar-refractivity contribution < 1.29 is 28.7 Å². The topological polar surface area (TPSA) is 175 Å². The van der Waals surface area contributed by atoms with Gasteiger partial charge in [0.15, 0.2) is 0 Å². The molecule has 13 heteroatoms. The van der Waals surface area contributed by atoms with Crippen molar-refractivity contribution in [2.45, 2.75) is 121 Å². The van der Waals surface area contributed by atoms with Gasteiger partial charge < -0.3 is 15.8 Å². The Labute approximate surface area is 331 Å². The largest absolute Gasteiger partial charge is 0.372 e. The van der Waals surface area contributed by atoms with Gasteiger partial charge in [-0.1, -0.05) is 61.0 Å². The number of aryl methyl sites for hydroxylation is 4. The molecule has 0 aliphatic carbocycles. The second-order valence-corrected chi connectivity index (χ2v) is 15.7. The van der Waals surface area contributed by atoms with E-state index < -0.39 is 36.0 Å². The van der Waals surface area contributed by atoms with Gasteiger partial charge in [0.2, 0.25) is 29.5 Å². The van der Waals surface area contributed by atoms with E-state index in [0.717, 1.165) is 78.4 Å². The standard InChI is InChI=1S/C44H52N6O7/c1-27(33(21-23-37(45)51)46-43(55)36-25-32-14-6-11-30-13-8-16-39(53)50(36)40(30)32)57-26-29-19-17-28(18-20-29)9-4-3-5-10-31-12-7-15-34-41(31)48(2)44(56)49(34)35-22-24-38(52)47-42(35)54/h6-7,11-12,14-15,17-20,27,33,35-36H,3-5,8-10,13,16,21-26H2,1-2H3,(H2,45,51)(H,46,55)(H,47,52,54)/t27-,33+,35?,36+/m1/s1. The van der Waals surface area contributed by atoms with Crippen molar-refractivity contribution in [3.63, 3.8) is 0 Å². The zero-order chi connectivity index (χ0) is 40.2. The van der Waals surface area contributed by atoms with Crippen molar-refractivity contribution in [3.05, 3.63) is 99.0 Å². The second kappa shape index (κ2) is 17.3.